The number of rotatable bonds is 3. The summed E-state index contributed by atoms with van der Waals surface area (Å²) >= 11 is 0. The van der Waals surface area contributed by atoms with Gasteiger partial charge in [0.1, 0.15) is 28.6 Å². The van der Waals surface area contributed by atoms with E-state index in [1.54, 1.807) is 0 Å². The van der Waals surface area contributed by atoms with E-state index in [0.29, 0.717) is 0 Å². The smallest absolute Gasteiger partial charge is 0.145 e. The first kappa shape index (κ1) is 12.6. The fraction of sp³-hybridized carbons (Fsp3) is 0.0588. The highest BCUT2D eigenvalue weighted by molar-refractivity contribution is 5.77. The Balaban J connectivity index is 1.90. The second-order valence-corrected chi connectivity index (χ2v) is 5.05. The Morgan fingerprint density at radius 3 is 2.64 bits per heavy atom. The summed E-state index contributed by atoms with van der Waals surface area (Å²) in [4.78, 5) is 4.67. The van der Waals surface area contributed by atoms with Crippen LogP contribution in [0.4, 0.5) is 11.5 Å². The zero-order valence-corrected chi connectivity index (χ0v) is 12.0. The third-order valence-electron chi connectivity index (χ3n) is 3.44. The molecule has 5 nitrogen and oxygen atoms in total. The molecule has 22 heavy (non-hydrogen) atoms. The number of imidazole rings is 1. The van der Waals surface area contributed by atoms with E-state index < -0.39 is 0 Å². The van der Waals surface area contributed by atoms with Crippen LogP contribution in [0.3, 0.4) is 0 Å². The fourth-order valence-corrected chi connectivity index (χ4v) is 2.43. The SMILES string of the molecule is Cc1cc(-c2nc3ccccn3c2Nc2ccccc2)no1. The Hall–Kier alpha value is -3.08. The number of aromatic nitrogens is 3. The maximum absolute atomic E-state index is 5.19. The van der Waals surface area contributed by atoms with Crippen LogP contribution < -0.4 is 5.32 Å². The number of hydrogen-bond donors (Lipinski definition) is 1. The van der Waals surface area contributed by atoms with Gasteiger partial charge in [-0.05, 0) is 31.2 Å². The van der Waals surface area contributed by atoms with Crippen LogP contribution >= 0.6 is 0 Å². The number of pyridine rings is 1. The molecule has 0 spiro atoms. The van der Waals surface area contributed by atoms with Crippen LogP contribution in [0.15, 0.2) is 65.3 Å². The molecule has 0 fully saturated rings. The molecule has 108 valence electrons. The first-order chi connectivity index (χ1) is 10.8. The van der Waals surface area contributed by atoms with Crippen molar-refractivity contribution in [2.75, 3.05) is 5.32 Å². The Morgan fingerprint density at radius 1 is 1.05 bits per heavy atom. The van der Waals surface area contributed by atoms with Gasteiger partial charge in [0.05, 0.1) is 0 Å². The quantitative estimate of drug-likeness (QED) is 0.618. The summed E-state index contributed by atoms with van der Waals surface area (Å²) in [6.45, 7) is 1.87. The lowest BCUT2D eigenvalue weighted by molar-refractivity contribution is 0.399. The minimum Gasteiger partial charge on any atom is -0.361 e. The van der Waals surface area contributed by atoms with Gasteiger partial charge >= 0.3 is 0 Å². The molecule has 0 aliphatic carbocycles. The van der Waals surface area contributed by atoms with Crippen LogP contribution in [0.25, 0.3) is 17.0 Å². The highest BCUT2D eigenvalue weighted by atomic mass is 16.5. The van der Waals surface area contributed by atoms with Crippen molar-refractivity contribution in [3.63, 3.8) is 0 Å². The summed E-state index contributed by atoms with van der Waals surface area (Å²) in [5.41, 5.74) is 3.35. The van der Waals surface area contributed by atoms with Crippen molar-refractivity contribution in [3.05, 3.63) is 66.6 Å². The molecule has 0 saturated carbocycles. The molecule has 4 rings (SSSR count). The lowest BCUT2D eigenvalue weighted by Gasteiger charge is -2.07. The highest BCUT2D eigenvalue weighted by Gasteiger charge is 2.17. The van der Waals surface area contributed by atoms with Crippen LogP contribution in [-0.4, -0.2) is 14.5 Å². The molecule has 4 aromatic rings. The summed E-state index contributed by atoms with van der Waals surface area (Å²) in [6, 6.07) is 17.8. The van der Waals surface area contributed by atoms with E-state index in [4.69, 9.17) is 4.52 Å². The highest BCUT2D eigenvalue weighted by Crippen LogP contribution is 2.30. The predicted octanol–water partition coefficient (Wildman–Crippen LogP) is 4.04. The van der Waals surface area contributed by atoms with Crippen molar-refractivity contribution in [3.8, 4) is 11.4 Å². The second kappa shape index (κ2) is 5.04. The van der Waals surface area contributed by atoms with Crippen LogP contribution in [0.5, 0.6) is 0 Å². The minimum atomic E-state index is 0.722. The number of fused-ring (bicyclic) bond motifs is 1. The van der Waals surface area contributed by atoms with Crippen LogP contribution in [0.2, 0.25) is 0 Å². The van der Waals surface area contributed by atoms with Crippen molar-refractivity contribution in [2.24, 2.45) is 0 Å². The molecule has 0 aliphatic rings. The molecule has 0 atom stereocenters. The van der Waals surface area contributed by atoms with Crippen molar-refractivity contribution < 1.29 is 4.52 Å². The maximum Gasteiger partial charge on any atom is 0.145 e. The van der Waals surface area contributed by atoms with E-state index in [2.05, 4.69) is 15.5 Å². The molecule has 1 aromatic carbocycles. The Kier molecular flexibility index (Phi) is 2.89. The number of aryl methyl sites for hydroxylation is 1. The molecule has 0 unspecified atom stereocenters. The summed E-state index contributed by atoms with van der Waals surface area (Å²) in [5, 5.41) is 7.51. The first-order valence-electron chi connectivity index (χ1n) is 7.04. The molecule has 0 saturated heterocycles. The van der Waals surface area contributed by atoms with Crippen molar-refractivity contribution in [1.29, 1.82) is 0 Å². The van der Waals surface area contributed by atoms with Gasteiger partial charge in [-0.1, -0.05) is 29.4 Å². The zero-order valence-electron chi connectivity index (χ0n) is 12.0. The van der Waals surface area contributed by atoms with Gasteiger partial charge in [0.15, 0.2) is 0 Å². The number of nitrogens with zero attached hydrogens (tertiary/aromatic N) is 3. The van der Waals surface area contributed by atoms with Crippen LogP contribution in [0, 0.1) is 6.92 Å². The topological polar surface area (TPSA) is 55.4 Å². The lowest BCUT2D eigenvalue weighted by Crippen LogP contribution is -1.96. The Labute approximate surface area is 127 Å². The Morgan fingerprint density at radius 2 is 1.86 bits per heavy atom. The van der Waals surface area contributed by atoms with Crippen molar-refractivity contribution in [2.45, 2.75) is 6.92 Å². The third-order valence-corrected chi connectivity index (χ3v) is 3.44. The number of para-hydroxylation sites is 1. The number of nitrogens with one attached hydrogen (secondary N) is 1. The van der Waals surface area contributed by atoms with Crippen LogP contribution in [-0.2, 0) is 0 Å². The molecule has 0 radical (unpaired) electrons. The monoisotopic (exact) mass is 290 g/mol. The number of hydrogen-bond acceptors (Lipinski definition) is 4. The fourth-order valence-electron chi connectivity index (χ4n) is 2.43. The molecule has 3 aromatic heterocycles. The second-order valence-electron chi connectivity index (χ2n) is 5.05. The van der Waals surface area contributed by atoms with Gasteiger partial charge < -0.3 is 9.84 Å². The van der Waals surface area contributed by atoms with Gasteiger partial charge in [0.2, 0.25) is 0 Å². The molecule has 5 heteroatoms. The van der Waals surface area contributed by atoms with E-state index in [-0.39, 0.29) is 0 Å². The van der Waals surface area contributed by atoms with Crippen molar-refractivity contribution in [1.82, 2.24) is 14.5 Å². The van der Waals surface area contributed by atoms with Gasteiger partial charge in [0, 0.05) is 18.0 Å². The zero-order chi connectivity index (χ0) is 14.9. The van der Waals surface area contributed by atoms with E-state index in [1.165, 1.54) is 0 Å². The summed E-state index contributed by atoms with van der Waals surface area (Å²) in [6.07, 6.45) is 1.98. The summed E-state index contributed by atoms with van der Waals surface area (Å²) < 4.78 is 7.20. The van der Waals surface area contributed by atoms with Gasteiger partial charge in [0.25, 0.3) is 0 Å². The lowest BCUT2D eigenvalue weighted by atomic mass is 10.2. The maximum atomic E-state index is 5.19. The Bertz CT molecular complexity index is 924. The number of anilines is 2. The van der Waals surface area contributed by atoms with E-state index >= 15 is 0 Å². The van der Waals surface area contributed by atoms with Crippen molar-refractivity contribution >= 4 is 17.2 Å². The molecular weight excluding hydrogens is 276 g/mol. The van der Waals surface area contributed by atoms with E-state index in [0.717, 1.165) is 34.3 Å². The van der Waals surface area contributed by atoms with Gasteiger partial charge in [-0.3, -0.25) is 4.40 Å². The largest absolute Gasteiger partial charge is 0.361 e. The normalized spacial score (nSPS) is 11.0. The third kappa shape index (κ3) is 2.13. The molecule has 0 amide bonds. The number of benzene rings is 1. The van der Waals surface area contributed by atoms with Gasteiger partial charge in [-0.15, -0.1) is 0 Å². The minimum absolute atomic E-state index is 0.722. The standard InChI is InChI=1S/C17H14N4O/c1-12-11-14(20-22-12)16-17(18-13-7-3-2-4-8-13)21-10-6-5-9-15(21)19-16/h2-11,18H,1H3. The van der Waals surface area contributed by atoms with E-state index in [9.17, 15) is 0 Å². The van der Waals surface area contributed by atoms with Crippen LogP contribution in [0.1, 0.15) is 5.76 Å². The van der Waals surface area contributed by atoms with Gasteiger partial charge in [-0.25, -0.2) is 4.98 Å². The predicted molar refractivity (Wildman–Crippen MR) is 85.2 cm³/mol. The first-order valence-corrected chi connectivity index (χ1v) is 7.04. The average Bonchev–Trinajstić information content (AvgIpc) is 3.13. The summed E-state index contributed by atoms with van der Waals surface area (Å²) in [5.74, 6) is 1.63. The van der Waals surface area contributed by atoms with Gasteiger partial charge in [-0.2, -0.15) is 0 Å². The molecule has 0 bridgehead atoms. The molecule has 3 heterocycles. The molecule has 1 N–H and O–H groups in total. The summed E-state index contributed by atoms with van der Waals surface area (Å²) in [7, 11) is 0. The average molecular weight is 290 g/mol. The molecule has 0 aliphatic heterocycles. The molecular formula is C17H14N4O. The van der Waals surface area contributed by atoms with E-state index in [1.807, 2.05) is 72.1 Å².